The first-order chi connectivity index (χ1) is 12.3. The zero-order valence-corrected chi connectivity index (χ0v) is 15.2. The number of hydrogen-bond donors (Lipinski definition) is 1. The van der Waals surface area contributed by atoms with Gasteiger partial charge in [-0.05, 0) is 56.3 Å². The molecular weight excluding hydrogens is 334 g/mol. The molecule has 0 aromatic heterocycles. The Morgan fingerprint density at radius 2 is 1.77 bits per heavy atom. The summed E-state index contributed by atoms with van der Waals surface area (Å²) in [7, 11) is 1.83. The maximum Gasteiger partial charge on any atom is 0.269 e. The van der Waals surface area contributed by atoms with Crippen molar-refractivity contribution < 1.29 is 14.5 Å². The Kier molecular flexibility index (Phi) is 6.68. The molecule has 0 saturated carbocycles. The van der Waals surface area contributed by atoms with Gasteiger partial charge >= 0.3 is 0 Å². The van der Waals surface area contributed by atoms with E-state index in [-0.39, 0.29) is 18.1 Å². The SMILES string of the molecule is Cc1cc(C)cc(OCCN(C)CC(=O)Nc2ccc([N+](=O)[O-])cc2)c1. The van der Waals surface area contributed by atoms with Crippen LogP contribution in [0.25, 0.3) is 0 Å². The van der Waals surface area contributed by atoms with E-state index in [9.17, 15) is 14.9 Å². The van der Waals surface area contributed by atoms with Gasteiger partial charge in [-0.2, -0.15) is 0 Å². The molecule has 138 valence electrons. The lowest BCUT2D eigenvalue weighted by molar-refractivity contribution is -0.384. The molecule has 26 heavy (non-hydrogen) atoms. The zero-order valence-electron chi connectivity index (χ0n) is 15.2. The number of nitrogens with zero attached hydrogens (tertiary/aromatic N) is 2. The Morgan fingerprint density at radius 1 is 1.15 bits per heavy atom. The lowest BCUT2D eigenvalue weighted by Gasteiger charge is -2.17. The van der Waals surface area contributed by atoms with Crippen LogP contribution in [-0.2, 0) is 4.79 Å². The van der Waals surface area contributed by atoms with Crippen LogP contribution in [0.3, 0.4) is 0 Å². The summed E-state index contributed by atoms with van der Waals surface area (Å²) < 4.78 is 5.74. The third-order valence-electron chi connectivity index (χ3n) is 3.71. The molecule has 0 radical (unpaired) electrons. The van der Waals surface area contributed by atoms with Crippen LogP contribution in [0.1, 0.15) is 11.1 Å². The Bertz CT molecular complexity index is 755. The summed E-state index contributed by atoms with van der Waals surface area (Å²) in [6, 6.07) is 11.8. The largest absolute Gasteiger partial charge is 0.492 e. The van der Waals surface area contributed by atoms with Gasteiger partial charge in [0, 0.05) is 24.4 Å². The number of carbonyl (C=O) groups is 1. The standard InChI is InChI=1S/C19H23N3O4/c1-14-10-15(2)12-18(11-14)26-9-8-21(3)13-19(23)20-16-4-6-17(7-5-16)22(24)25/h4-7,10-12H,8-9,13H2,1-3H3,(H,20,23). The second-order valence-corrected chi connectivity index (χ2v) is 6.26. The van der Waals surface area contributed by atoms with E-state index in [0.29, 0.717) is 18.8 Å². The summed E-state index contributed by atoms with van der Waals surface area (Å²) >= 11 is 0. The first-order valence-electron chi connectivity index (χ1n) is 8.27. The smallest absolute Gasteiger partial charge is 0.269 e. The molecule has 0 heterocycles. The van der Waals surface area contributed by atoms with Crippen LogP contribution in [0.5, 0.6) is 5.75 Å². The van der Waals surface area contributed by atoms with Crippen molar-refractivity contribution in [2.45, 2.75) is 13.8 Å². The van der Waals surface area contributed by atoms with Gasteiger partial charge in [0.05, 0.1) is 11.5 Å². The molecule has 0 aliphatic carbocycles. The number of nitrogens with one attached hydrogen (secondary N) is 1. The lowest BCUT2D eigenvalue weighted by atomic mass is 10.1. The molecule has 2 rings (SSSR count). The van der Waals surface area contributed by atoms with Crippen molar-refractivity contribution in [1.29, 1.82) is 0 Å². The average molecular weight is 357 g/mol. The minimum Gasteiger partial charge on any atom is -0.492 e. The topological polar surface area (TPSA) is 84.7 Å². The molecule has 7 heteroatoms. The molecule has 0 aliphatic heterocycles. The van der Waals surface area contributed by atoms with Crippen LogP contribution in [0.15, 0.2) is 42.5 Å². The number of hydrogen-bond acceptors (Lipinski definition) is 5. The normalized spacial score (nSPS) is 10.6. The van der Waals surface area contributed by atoms with Crippen molar-refractivity contribution in [2.24, 2.45) is 0 Å². The summed E-state index contributed by atoms with van der Waals surface area (Å²) in [6.45, 7) is 5.32. The number of rotatable bonds is 8. The van der Waals surface area contributed by atoms with Gasteiger partial charge < -0.3 is 10.1 Å². The molecule has 0 atom stereocenters. The maximum atomic E-state index is 12.0. The molecule has 0 saturated heterocycles. The van der Waals surface area contributed by atoms with Gasteiger partial charge in [-0.1, -0.05) is 6.07 Å². The highest BCUT2D eigenvalue weighted by molar-refractivity contribution is 5.92. The fraction of sp³-hybridized carbons (Fsp3) is 0.316. The van der Waals surface area contributed by atoms with E-state index in [1.807, 2.05) is 37.9 Å². The Balaban J connectivity index is 1.75. The minimum atomic E-state index is -0.477. The van der Waals surface area contributed by atoms with Crippen molar-refractivity contribution >= 4 is 17.3 Å². The Labute approximate surface area is 152 Å². The van der Waals surface area contributed by atoms with Gasteiger partial charge in [0.1, 0.15) is 12.4 Å². The molecule has 1 amide bonds. The van der Waals surface area contributed by atoms with Gasteiger partial charge in [-0.15, -0.1) is 0 Å². The van der Waals surface area contributed by atoms with E-state index in [0.717, 1.165) is 16.9 Å². The van der Waals surface area contributed by atoms with Crippen LogP contribution in [-0.4, -0.2) is 42.5 Å². The molecular formula is C19H23N3O4. The third-order valence-corrected chi connectivity index (χ3v) is 3.71. The van der Waals surface area contributed by atoms with Crippen LogP contribution < -0.4 is 10.1 Å². The molecule has 7 nitrogen and oxygen atoms in total. The van der Waals surface area contributed by atoms with E-state index in [1.54, 1.807) is 0 Å². The first kappa shape index (κ1) is 19.4. The number of aryl methyl sites for hydroxylation is 2. The highest BCUT2D eigenvalue weighted by Crippen LogP contribution is 2.16. The third kappa shape index (κ3) is 6.18. The van der Waals surface area contributed by atoms with Crippen molar-refractivity contribution in [3.63, 3.8) is 0 Å². The Morgan fingerprint density at radius 3 is 2.35 bits per heavy atom. The van der Waals surface area contributed by atoms with Crippen molar-refractivity contribution in [3.05, 3.63) is 63.7 Å². The molecule has 2 aromatic carbocycles. The van der Waals surface area contributed by atoms with Crippen molar-refractivity contribution in [3.8, 4) is 5.75 Å². The predicted molar refractivity (Wildman–Crippen MR) is 101 cm³/mol. The molecule has 0 unspecified atom stereocenters. The fourth-order valence-corrected chi connectivity index (χ4v) is 2.53. The quantitative estimate of drug-likeness (QED) is 0.579. The minimum absolute atomic E-state index is 0.0105. The number of nitro groups is 1. The summed E-state index contributed by atoms with van der Waals surface area (Å²) in [5.74, 6) is 0.638. The van der Waals surface area contributed by atoms with Crippen LogP contribution in [0, 0.1) is 24.0 Å². The number of anilines is 1. The summed E-state index contributed by atoms with van der Waals surface area (Å²) in [5, 5.41) is 13.3. The molecule has 0 spiro atoms. The number of amides is 1. The van der Waals surface area contributed by atoms with Gasteiger partial charge in [-0.3, -0.25) is 19.8 Å². The number of carbonyl (C=O) groups excluding carboxylic acids is 1. The van der Waals surface area contributed by atoms with Crippen LogP contribution >= 0.6 is 0 Å². The van der Waals surface area contributed by atoms with E-state index in [2.05, 4.69) is 11.4 Å². The Hall–Kier alpha value is -2.93. The average Bonchev–Trinajstić information content (AvgIpc) is 2.54. The summed E-state index contributed by atoms with van der Waals surface area (Å²) in [6.07, 6.45) is 0. The van der Waals surface area contributed by atoms with Crippen molar-refractivity contribution in [1.82, 2.24) is 4.90 Å². The molecule has 2 aromatic rings. The summed E-state index contributed by atoms with van der Waals surface area (Å²) in [4.78, 5) is 24.0. The number of benzene rings is 2. The number of likely N-dealkylation sites (N-methyl/N-ethyl adjacent to an activating group) is 1. The fourth-order valence-electron chi connectivity index (χ4n) is 2.53. The summed E-state index contributed by atoms with van der Waals surface area (Å²) in [5.41, 5.74) is 2.82. The van der Waals surface area contributed by atoms with E-state index in [4.69, 9.17) is 4.74 Å². The number of nitro benzene ring substituents is 1. The monoisotopic (exact) mass is 357 g/mol. The highest BCUT2D eigenvalue weighted by atomic mass is 16.6. The van der Waals surface area contributed by atoms with E-state index >= 15 is 0 Å². The van der Waals surface area contributed by atoms with Crippen molar-refractivity contribution in [2.75, 3.05) is 32.1 Å². The molecule has 1 N–H and O–H groups in total. The van der Waals surface area contributed by atoms with Gasteiger partial charge in [0.2, 0.25) is 5.91 Å². The lowest BCUT2D eigenvalue weighted by Crippen LogP contribution is -2.33. The zero-order chi connectivity index (χ0) is 19.1. The number of ether oxygens (including phenoxy) is 1. The number of non-ortho nitro benzene ring substituents is 1. The second kappa shape index (κ2) is 8.96. The van der Waals surface area contributed by atoms with E-state index in [1.165, 1.54) is 24.3 Å². The molecule has 0 fully saturated rings. The van der Waals surface area contributed by atoms with Gasteiger partial charge in [-0.25, -0.2) is 0 Å². The second-order valence-electron chi connectivity index (χ2n) is 6.26. The first-order valence-corrected chi connectivity index (χ1v) is 8.27. The highest BCUT2D eigenvalue weighted by Gasteiger charge is 2.09. The van der Waals surface area contributed by atoms with Crippen LogP contribution in [0.2, 0.25) is 0 Å². The van der Waals surface area contributed by atoms with E-state index < -0.39 is 4.92 Å². The molecule has 0 aliphatic rings. The van der Waals surface area contributed by atoms with Gasteiger partial charge in [0.25, 0.3) is 5.69 Å². The van der Waals surface area contributed by atoms with Crippen LogP contribution in [0.4, 0.5) is 11.4 Å². The molecule has 0 bridgehead atoms. The maximum absolute atomic E-state index is 12.0. The van der Waals surface area contributed by atoms with Gasteiger partial charge in [0.15, 0.2) is 0 Å². The predicted octanol–water partition coefficient (Wildman–Crippen LogP) is 3.16.